The fourth-order valence-electron chi connectivity index (χ4n) is 4.21. The molecule has 0 atom stereocenters. The molecule has 2 aliphatic rings. The topological polar surface area (TPSA) is 68.8 Å². The molecule has 2 fully saturated rings. The summed E-state index contributed by atoms with van der Waals surface area (Å²) < 4.78 is 3.18. The van der Waals surface area contributed by atoms with Crippen LogP contribution in [-0.2, 0) is 6.54 Å². The average Bonchev–Trinajstić information content (AvgIpc) is 3.20. The van der Waals surface area contributed by atoms with Gasteiger partial charge >= 0.3 is 0 Å². The zero-order valence-electron chi connectivity index (χ0n) is 14.6. The Bertz CT molecular complexity index is 726. The Hall–Kier alpha value is -2.02. The summed E-state index contributed by atoms with van der Waals surface area (Å²) >= 11 is 0. The smallest absolute Gasteiger partial charge is 0.266 e. The molecule has 7 nitrogen and oxygen atoms in total. The van der Waals surface area contributed by atoms with Crippen LogP contribution >= 0.6 is 0 Å². The molecule has 1 saturated heterocycles. The lowest BCUT2D eigenvalue weighted by Gasteiger charge is -2.39. The fraction of sp³-hybridized carbons (Fsp3) is 0.667. The molecule has 2 aromatic rings. The van der Waals surface area contributed by atoms with Gasteiger partial charge in [0.05, 0.1) is 0 Å². The van der Waals surface area contributed by atoms with Crippen LogP contribution in [0, 0.1) is 5.92 Å². The van der Waals surface area contributed by atoms with Crippen molar-refractivity contribution in [2.45, 2.75) is 57.5 Å². The van der Waals surface area contributed by atoms with Gasteiger partial charge in [-0.1, -0.05) is 19.3 Å². The molecule has 3 heterocycles. The largest absolute Gasteiger partial charge is 0.300 e. The summed E-state index contributed by atoms with van der Waals surface area (Å²) in [6.45, 7) is 3.01. The van der Waals surface area contributed by atoms with E-state index in [1.807, 2.05) is 0 Å². The highest BCUT2D eigenvalue weighted by Gasteiger charge is 2.26. The van der Waals surface area contributed by atoms with Gasteiger partial charge in [-0.05, 0) is 50.8 Å². The van der Waals surface area contributed by atoms with Crippen molar-refractivity contribution in [1.29, 1.82) is 0 Å². The number of piperidine rings is 1. The van der Waals surface area contributed by atoms with Crippen LogP contribution in [0.4, 0.5) is 0 Å². The van der Waals surface area contributed by atoms with E-state index in [9.17, 15) is 4.79 Å². The lowest BCUT2D eigenvalue weighted by molar-refractivity contribution is 0.100. The SMILES string of the molecule is O=c1ccc(-n2cncn2)nn1CC1CCN(C2CCCCC2)CC1. The predicted octanol–water partition coefficient (Wildman–Crippen LogP) is 1.87. The average molecular weight is 342 g/mol. The van der Waals surface area contributed by atoms with E-state index >= 15 is 0 Å². The Kier molecular flexibility index (Phi) is 4.92. The molecular formula is C18H26N6O. The fourth-order valence-corrected chi connectivity index (χ4v) is 4.21. The molecule has 7 heteroatoms. The van der Waals surface area contributed by atoms with Gasteiger partial charge in [-0.3, -0.25) is 4.79 Å². The minimum Gasteiger partial charge on any atom is -0.300 e. The molecule has 0 radical (unpaired) electrons. The van der Waals surface area contributed by atoms with Crippen LogP contribution < -0.4 is 5.56 Å². The Morgan fingerprint density at radius 1 is 1.04 bits per heavy atom. The number of hydrogen-bond donors (Lipinski definition) is 0. The summed E-state index contributed by atoms with van der Waals surface area (Å²) in [6, 6.07) is 4.06. The molecule has 0 N–H and O–H groups in total. The van der Waals surface area contributed by atoms with Crippen molar-refractivity contribution >= 4 is 0 Å². The van der Waals surface area contributed by atoms with Crippen molar-refractivity contribution in [2.24, 2.45) is 5.92 Å². The van der Waals surface area contributed by atoms with Crippen LogP contribution in [0.5, 0.6) is 0 Å². The monoisotopic (exact) mass is 342 g/mol. The maximum absolute atomic E-state index is 12.2. The zero-order valence-corrected chi connectivity index (χ0v) is 14.6. The van der Waals surface area contributed by atoms with Crippen LogP contribution in [0.1, 0.15) is 44.9 Å². The Labute approximate surface area is 147 Å². The number of hydrogen-bond acceptors (Lipinski definition) is 5. The first kappa shape index (κ1) is 16.4. The van der Waals surface area contributed by atoms with Gasteiger partial charge in [0.15, 0.2) is 5.82 Å². The van der Waals surface area contributed by atoms with Crippen LogP contribution in [0.2, 0.25) is 0 Å². The highest BCUT2D eigenvalue weighted by atomic mass is 16.1. The van der Waals surface area contributed by atoms with E-state index in [1.165, 1.54) is 38.4 Å². The van der Waals surface area contributed by atoms with Gasteiger partial charge in [0, 0.05) is 18.7 Å². The van der Waals surface area contributed by atoms with E-state index < -0.39 is 0 Å². The second-order valence-electron chi connectivity index (χ2n) is 7.32. The third kappa shape index (κ3) is 3.81. The van der Waals surface area contributed by atoms with Crippen LogP contribution in [-0.4, -0.2) is 48.6 Å². The third-order valence-electron chi connectivity index (χ3n) is 5.68. The minimum absolute atomic E-state index is 0.0430. The second kappa shape index (κ2) is 7.47. The van der Waals surface area contributed by atoms with Crippen LogP contribution in [0.25, 0.3) is 5.82 Å². The molecule has 1 aliphatic carbocycles. The lowest BCUT2D eigenvalue weighted by Crippen LogP contribution is -2.43. The van der Waals surface area contributed by atoms with Gasteiger partial charge in [-0.2, -0.15) is 5.10 Å². The standard InChI is InChI=1S/C18H26N6O/c25-18-7-6-17(24-14-19-13-20-24)21-23(18)12-15-8-10-22(11-9-15)16-4-2-1-3-5-16/h6-7,13-16H,1-5,8-12H2. The van der Waals surface area contributed by atoms with Crippen molar-refractivity contribution < 1.29 is 0 Å². The summed E-state index contributed by atoms with van der Waals surface area (Å²) in [4.78, 5) is 18.8. The molecule has 0 unspecified atom stereocenters. The molecule has 0 bridgehead atoms. The number of nitrogens with zero attached hydrogens (tertiary/aromatic N) is 6. The third-order valence-corrected chi connectivity index (χ3v) is 5.68. The summed E-state index contributed by atoms with van der Waals surface area (Å²) in [5.74, 6) is 1.16. The molecule has 134 valence electrons. The first-order valence-corrected chi connectivity index (χ1v) is 9.47. The van der Waals surface area contributed by atoms with E-state index in [1.54, 1.807) is 27.8 Å². The van der Waals surface area contributed by atoms with Gasteiger partial charge in [0.1, 0.15) is 12.7 Å². The molecule has 0 aromatic carbocycles. The molecule has 1 aliphatic heterocycles. The van der Waals surface area contributed by atoms with Gasteiger partial charge in [0.2, 0.25) is 0 Å². The van der Waals surface area contributed by atoms with Gasteiger partial charge in [0.25, 0.3) is 5.56 Å². The number of rotatable bonds is 4. The van der Waals surface area contributed by atoms with Crippen molar-refractivity contribution in [1.82, 2.24) is 29.4 Å². The summed E-state index contributed by atoms with van der Waals surface area (Å²) in [6.07, 6.45) is 12.3. The van der Waals surface area contributed by atoms with Crippen molar-refractivity contribution in [2.75, 3.05) is 13.1 Å². The zero-order chi connectivity index (χ0) is 17.1. The first-order valence-electron chi connectivity index (χ1n) is 9.47. The molecule has 4 rings (SSSR count). The van der Waals surface area contributed by atoms with E-state index in [2.05, 4.69) is 20.1 Å². The normalized spacial score (nSPS) is 20.8. The van der Waals surface area contributed by atoms with Crippen molar-refractivity contribution in [3.05, 3.63) is 35.1 Å². The quantitative estimate of drug-likeness (QED) is 0.848. The predicted molar refractivity (Wildman–Crippen MR) is 94.6 cm³/mol. The molecule has 2 aromatic heterocycles. The first-order chi connectivity index (χ1) is 12.3. The highest BCUT2D eigenvalue weighted by molar-refractivity contribution is 5.16. The van der Waals surface area contributed by atoms with Crippen LogP contribution in [0.15, 0.2) is 29.6 Å². The Morgan fingerprint density at radius 3 is 2.56 bits per heavy atom. The summed E-state index contributed by atoms with van der Waals surface area (Å²) in [5, 5.41) is 8.56. The number of likely N-dealkylation sites (tertiary alicyclic amines) is 1. The lowest BCUT2D eigenvalue weighted by atomic mass is 9.90. The molecular weight excluding hydrogens is 316 g/mol. The highest BCUT2D eigenvalue weighted by Crippen LogP contribution is 2.27. The maximum atomic E-state index is 12.2. The second-order valence-corrected chi connectivity index (χ2v) is 7.32. The maximum Gasteiger partial charge on any atom is 0.266 e. The van der Waals surface area contributed by atoms with Gasteiger partial charge in [-0.25, -0.2) is 14.3 Å². The Balaban J connectivity index is 1.38. The van der Waals surface area contributed by atoms with Crippen molar-refractivity contribution in [3.63, 3.8) is 0 Å². The van der Waals surface area contributed by atoms with Crippen molar-refractivity contribution in [3.8, 4) is 5.82 Å². The number of aromatic nitrogens is 5. The Morgan fingerprint density at radius 2 is 1.84 bits per heavy atom. The molecule has 0 amide bonds. The van der Waals surface area contributed by atoms with E-state index in [4.69, 9.17) is 0 Å². The molecule has 1 saturated carbocycles. The summed E-state index contributed by atoms with van der Waals surface area (Å²) in [7, 11) is 0. The van der Waals surface area contributed by atoms with E-state index in [0.29, 0.717) is 18.3 Å². The van der Waals surface area contributed by atoms with E-state index in [0.717, 1.165) is 32.0 Å². The minimum atomic E-state index is -0.0430. The summed E-state index contributed by atoms with van der Waals surface area (Å²) in [5.41, 5.74) is -0.0430. The molecule has 0 spiro atoms. The molecule has 25 heavy (non-hydrogen) atoms. The van der Waals surface area contributed by atoms with E-state index in [-0.39, 0.29) is 5.56 Å². The van der Waals surface area contributed by atoms with Gasteiger partial charge in [-0.15, -0.1) is 5.10 Å². The van der Waals surface area contributed by atoms with Gasteiger partial charge < -0.3 is 4.90 Å². The van der Waals surface area contributed by atoms with Crippen LogP contribution in [0.3, 0.4) is 0 Å².